The van der Waals surface area contributed by atoms with Gasteiger partial charge in [0.15, 0.2) is 0 Å². The molecular weight excluding hydrogens is 380 g/mol. The zero-order valence-corrected chi connectivity index (χ0v) is 17.2. The van der Waals surface area contributed by atoms with E-state index in [1.165, 1.54) is 19.2 Å². The molecule has 28 heavy (non-hydrogen) atoms. The van der Waals surface area contributed by atoms with Gasteiger partial charge >= 0.3 is 0 Å². The molecule has 8 heteroatoms. The Balaban J connectivity index is 1.85. The van der Waals surface area contributed by atoms with Crippen molar-refractivity contribution in [1.29, 1.82) is 0 Å². The molecule has 0 fully saturated rings. The van der Waals surface area contributed by atoms with Crippen molar-refractivity contribution in [2.24, 2.45) is 0 Å². The van der Waals surface area contributed by atoms with E-state index in [9.17, 15) is 13.2 Å². The van der Waals surface area contributed by atoms with Gasteiger partial charge in [-0.3, -0.25) is 4.79 Å². The van der Waals surface area contributed by atoms with Gasteiger partial charge in [0, 0.05) is 13.6 Å². The third-order valence-electron chi connectivity index (χ3n) is 4.10. The first-order valence-electron chi connectivity index (χ1n) is 8.95. The molecule has 0 bridgehead atoms. The van der Waals surface area contributed by atoms with Crippen LogP contribution in [0.2, 0.25) is 0 Å². The number of methoxy groups -OCH3 is 1. The van der Waals surface area contributed by atoms with Gasteiger partial charge in [-0.05, 0) is 55.3 Å². The Morgan fingerprint density at radius 3 is 2.21 bits per heavy atom. The monoisotopic (exact) mass is 406 g/mol. The molecular formula is C20H26N2O5S. The second kappa shape index (κ2) is 10.1. The number of carbonyl (C=O) groups is 1. The second-order valence-corrected chi connectivity index (χ2v) is 8.16. The SMILES string of the molecule is CCOc1ccc(S(=O)(=O)N(C)CC(=O)NCCc2ccc(OC)cc2)cc1. The van der Waals surface area contributed by atoms with Crippen LogP contribution in [0.1, 0.15) is 12.5 Å². The third kappa shape index (κ3) is 5.97. The molecule has 0 aliphatic carbocycles. The van der Waals surface area contributed by atoms with Crippen LogP contribution in [0.5, 0.6) is 11.5 Å². The summed E-state index contributed by atoms with van der Waals surface area (Å²) in [6, 6.07) is 13.7. The molecule has 0 saturated carbocycles. The Bertz CT molecular complexity index is 864. The summed E-state index contributed by atoms with van der Waals surface area (Å²) in [5, 5.41) is 2.74. The minimum absolute atomic E-state index is 0.115. The van der Waals surface area contributed by atoms with Crippen LogP contribution in [-0.4, -0.2) is 52.5 Å². The quantitative estimate of drug-likeness (QED) is 0.653. The van der Waals surface area contributed by atoms with Gasteiger partial charge in [0.2, 0.25) is 15.9 Å². The first kappa shape index (κ1) is 21.7. The predicted molar refractivity (Wildman–Crippen MR) is 107 cm³/mol. The lowest BCUT2D eigenvalue weighted by atomic mass is 10.1. The van der Waals surface area contributed by atoms with Crippen molar-refractivity contribution in [3.05, 3.63) is 54.1 Å². The number of likely N-dealkylation sites (N-methyl/N-ethyl adjacent to an activating group) is 1. The van der Waals surface area contributed by atoms with Gasteiger partial charge < -0.3 is 14.8 Å². The number of hydrogen-bond acceptors (Lipinski definition) is 5. The number of benzene rings is 2. The van der Waals surface area contributed by atoms with Crippen molar-refractivity contribution in [2.75, 3.05) is 33.9 Å². The van der Waals surface area contributed by atoms with Crippen LogP contribution in [-0.2, 0) is 21.2 Å². The Morgan fingerprint density at radius 1 is 1.04 bits per heavy atom. The Labute approximate surface area is 166 Å². The zero-order valence-electron chi connectivity index (χ0n) is 16.3. The van der Waals surface area contributed by atoms with Crippen LogP contribution in [0.15, 0.2) is 53.4 Å². The van der Waals surface area contributed by atoms with Gasteiger partial charge in [0.05, 0.1) is 25.2 Å². The Kier molecular flexibility index (Phi) is 7.83. The highest BCUT2D eigenvalue weighted by atomic mass is 32.2. The Hall–Kier alpha value is -2.58. The minimum Gasteiger partial charge on any atom is -0.497 e. The predicted octanol–water partition coefficient (Wildman–Crippen LogP) is 2.07. The molecule has 0 spiro atoms. The summed E-state index contributed by atoms with van der Waals surface area (Å²) < 4.78 is 36.6. The average Bonchev–Trinajstić information content (AvgIpc) is 2.69. The van der Waals surface area contributed by atoms with Crippen molar-refractivity contribution in [2.45, 2.75) is 18.2 Å². The van der Waals surface area contributed by atoms with E-state index in [-0.39, 0.29) is 17.3 Å². The highest BCUT2D eigenvalue weighted by Gasteiger charge is 2.22. The topological polar surface area (TPSA) is 84.9 Å². The van der Waals surface area contributed by atoms with Crippen LogP contribution in [0.25, 0.3) is 0 Å². The molecule has 0 aliphatic heterocycles. The fourth-order valence-corrected chi connectivity index (χ4v) is 3.66. The number of nitrogens with one attached hydrogen (secondary N) is 1. The number of hydrogen-bond donors (Lipinski definition) is 1. The highest BCUT2D eigenvalue weighted by Crippen LogP contribution is 2.18. The molecule has 0 aliphatic rings. The van der Waals surface area contributed by atoms with Crippen molar-refractivity contribution in [1.82, 2.24) is 9.62 Å². The maximum absolute atomic E-state index is 12.6. The van der Waals surface area contributed by atoms with E-state index < -0.39 is 10.0 Å². The standard InChI is InChI=1S/C20H26N2O5S/c1-4-27-18-9-11-19(12-10-18)28(24,25)22(2)15-20(23)21-14-13-16-5-7-17(26-3)8-6-16/h5-12H,4,13-15H2,1-3H3,(H,21,23). The van der Waals surface area contributed by atoms with Crippen LogP contribution >= 0.6 is 0 Å². The molecule has 0 atom stereocenters. The lowest BCUT2D eigenvalue weighted by molar-refractivity contribution is -0.121. The van der Waals surface area contributed by atoms with Gasteiger partial charge in [0.1, 0.15) is 11.5 Å². The lowest BCUT2D eigenvalue weighted by Crippen LogP contribution is -2.39. The van der Waals surface area contributed by atoms with Crippen molar-refractivity contribution in [3.8, 4) is 11.5 Å². The van der Waals surface area contributed by atoms with E-state index in [2.05, 4.69) is 5.32 Å². The van der Waals surface area contributed by atoms with Gasteiger partial charge in [-0.15, -0.1) is 0 Å². The molecule has 0 heterocycles. The van der Waals surface area contributed by atoms with Gasteiger partial charge in [-0.25, -0.2) is 8.42 Å². The fourth-order valence-electron chi connectivity index (χ4n) is 2.54. The lowest BCUT2D eigenvalue weighted by Gasteiger charge is -2.17. The van der Waals surface area contributed by atoms with Gasteiger partial charge in [-0.2, -0.15) is 4.31 Å². The summed E-state index contributed by atoms with van der Waals surface area (Å²) in [5.74, 6) is 1.01. The summed E-state index contributed by atoms with van der Waals surface area (Å²) >= 11 is 0. The molecule has 1 N–H and O–H groups in total. The molecule has 1 amide bonds. The van der Waals surface area contributed by atoms with Crippen molar-refractivity contribution >= 4 is 15.9 Å². The number of amides is 1. The molecule has 2 aromatic carbocycles. The van der Waals surface area contributed by atoms with E-state index in [4.69, 9.17) is 9.47 Å². The summed E-state index contributed by atoms with van der Waals surface area (Å²) in [4.78, 5) is 12.2. The number of ether oxygens (including phenoxy) is 2. The van der Waals surface area contributed by atoms with Crippen LogP contribution in [0.3, 0.4) is 0 Å². The smallest absolute Gasteiger partial charge is 0.243 e. The Morgan fingerprint density at radius 2 is 1.64 bits per heavy atom. The molecule has 2 aromatic rings. The molecule has 0 unspecified atom stereocenters. The van der Waals surface area contributed by atoms with Crippen LogP contribution in [0.4, 0.5) is 0 Å². The largest absolute Gasteiger partial charge is 0.497 e. The van der Waals surface area contributed by atoms with Crippen LogP contribution in [0, 0.1) is 0 Å². The molecule has 0 radical (unpaired) electrons. The second-order valence-electron chi connectivity index (χ2n) is 6.11. The normalized spacial score (nSPS) is 11.3. The molecule has 0 aromatic heterocycles. The third-order valence-corrected chi connectivity index (χ3v) is 5.92. The molecule has 152 valence electrons. The van der Waals surface area contributed by atoms with E-state index in [0.717, 1.165) is 15.6 Å². The summed E-state index contributed by atoms with van der Waals surface area (Å²) in [6.07, 6.45) is 0.644. The molecule has 2 rings (SSSR count). The zero-order chi connectivity index (χ0) is 20.6. The van der Waals surface area contributed by atoms with Crippen molar-refractivity contribution in [3.63, 3.8) is 0 Å². The molecule has 7 nitrogen and oxygen atoms in total. The maximum Gasteiger partial charge on any atom is 0.243 e. The van der Waals surface area contributed by atoms with Crippen LogP contribution < -0.4 is 14.8 Å². The van der Waals surface area contributed by atoms with Gasteiger partial charge in [0.25, 0.3) is 0 Å². The van der Waals surface area contributed by atoms with E-state index in [1.54, 1.807) is 19.2 Å². The fraction of sp³-hybridized carbons (Fsp3) is 0.350. The number of carbonyl (C=O) groups excluding carboxylic acids is 1. The number of rotatable bonds is 10. The summed E-state index contributed by atoms with van der Waals surface area (Å²) in [7, 11) is -0.760. The summed E-state index contributed by atoms with van der Waals surface area (Å²) in [6.45, 7) is 2.52. The van der Waals surface area contributed by atoms with E-state index >= 15 is 0 Å². The molecule has 0 saturated heterocycles. The number of nitrogens with zero attached hydrogens (tertiary/aromatic N) is 1. The maximum atomic E-state index is 12.6. The summed E-state index contributed by atoms with van der Waals surface area (Å²) in [5.41, 5.74) is 1.05. The minimum atomic E-state index is -3.75. The highest BCUT2D eigenvalue weighted by molar-refractivity contribution is 7.89. The average molecular weight is 407 g/mol. The van der Waals surface area contributed by atoms with E-state index in [0.29, 0.717) is 25.3 Å². The van der Waals surface area contributed by atoms with E-state index in [1.807, 2.05) is 31.2 Å². The van der Waals surface area contributed by atoms with Gasteiger partial charge in [-0.1, -0.05) is 12.1 Å². The first-order valence-corrected chi connectivity index (χ1v) is 10.4. The first-order chi connectivity index (χ1) is 13.4. The van der Waals surface area contributed by atoms with Crippen molar-refractivity contribution < 1.29 is 22.7 Å². The number of sulfonamides is 1.